The molecule has 4 aromatic rings. The van der Waals surface area contributed by atoms with Crippen molar-refractivity contribution < 1.29 is 42.5 Å². The Morgan fingerprint density at radius 2 is 1.77 bits per heavy atom. The van der Waals surface area contributed by atoms with E-state index in [1.54, 1.807) is 12.1 Å². The number of esters is 1. The van der Waals surface area contributed by atoms with Crippen LogP contribution in [0.15, 0.2) is 66.9 Å². The van der Waals surface area contributed by atoms with E-state index in [0.717, 1.165) is 33.4 Å². The van der Waals surface area contributed by atoms with E-state index in [2.05, 4.69) is 23.6 Å². The third kappa shape index (κ3) is 4.08. The third-order valence-corrected chi connectivity index (χ3v) is 5.73. The summed E-state index contributed by atoms with van der Waals surface area (Å²) >= 11 is 0. The third-order valence-electron chi connectivity index (χ3n) is 5.73. The van der Waals surface area contributed by atoms with Gasteiger partial charge in [0.1, 0.15) is 12.9 Å². The average molecular weight is 530 g/mol. The van der Waals surface area contributed by atoms with E-state index in [-0.39, 0.29) is 41.8 Å². The minimum Gasteiger partial charge on any atom is -1.00 e. The van der Waals surface area contributed by atoms with Crippen molar-refractivity contribution in [1.82, 2.24) is 4.57 Å². The number of fused-ring (bicyclic) bond motifs is 1. The second-order valence-corrected chi connectivity index (χ2v) is 7.48. The summed E-state index contributed by atoms with van der Waals surface area (Å²) in [5, 5.41) is 0.883. The number of benzene rings is 2. The van der Waals surface area contributed by atoms with Crippen LogP contribution in [0.25, 0.3) is 22.2 Å². The maximum Gasteiger partial charge on any atom is 0.340 e. The maximum atomic E-state index is 13.4. The first-order chi connectivity index (χ1) is 14.4. The molecular formula is C25H24FIN2O2. The van der Waals surface area contributed by atoms with E-state index in [0.29, 0.717) is 5.56 Å². The van der Waals surface area contributed by atoms with Crippen molar-refractivity contribution in [3.63, 3.8) is 0 Å². The van der Waals surface area contributed by atoms with E-state index in [4.69, 9.17) is 4.74 Å². The van der Waals surface area contributed by atoms with Crippen molar-refractivity contribution in [2.45, 2.75) is 19.9 Å². The number of carbonyl (C=O) groups excluding carboxylic acids is 1. The van der Waals surface area contributed by atoms with Crippen LogP contribution in [0, 0.1) is 12.7 Å². The van der Waals surface area contributed by atoms with Crippen molar-refractivity contribution >= 4 is 16.9 Å². The summed E-state index contributed by atoms with van der Waals surface area (Å²) in [7, 11) is 3.38. The lowest BCUT2D eigenvalue weighted by atomic mass is 10.0. The number of rotatable bonds is 4. The lowest BCUT2D eigenvalue weighted by Gasteiger charge is -2.18. The van der Waals surface area contributed by atoms with Crippen LogP contribution in [0.5, 0.6) is 0 Å². The number of aryl methyl sites for hydroxylation is 1. The second-order valence-electron chi connectivity index (χ2n) is 7.48. The highest BCUT2D eigenvalue weighted by Crippen LogP contribution is 2.33. The summed E-state index contributed by atoms with van der Waals surface area (Å²) < 4.78 is 22.6. The minimum absolute atomic E-state index is 0. The van der Waals surface area contributed by atoms with Gasteiger partial charge in [0.05, 0.1) is 18.7 Å². The molecule has 0 saturated carbocycles. The van der Waals surface area contributed by atoms with Gasteiger partial charge in [0.15, 0.2) is 6.20 Å². The molecule has 0 aliphatic heterocycles. The molecule has 0 bridgehead atoms. The van der Waals surface area contributed by atoms with Crippen molar-refractivity contribution in [1.29, 1.82) is 0 Å². The highest BCUT2D eigenvalue weighted by Gasteiger charge is 2.24. The van der Waals surface area contributed by atoms with Crippen LogP contribution in [-0.4, -0.2) is 17.6 Å². The van der Waals surface area contributed by atoms with Crippen LogP contribution in [0.1, 0.15) is 34.6 Å². The average Bonchev–Trinajstić information content (AvgIpc) is 3.05. The number of halogens is 2. The molecule has 31 heavy (non-hydrogen) atoms. The Labute approximate surface area is 198 Å². The van der Waals surface area contributed by atoms with Gasteiger partial charge >= 0.3 is 5.97 Å². The van der Waals surface area contributed by atoms with Crippen LogP contribution >= 0.6 is 0 Å². The van der Waals surface area contributed by atoms with Gasteiger partial charge in [-0.15, -0.1) is 0 Å². The molecule has 0 spiro atoms. The first kappa shape index (κ1) is 22.9. The summed E-state index contributed by atoms with van der Waals surface area (Å²) in [6.45, 7) is 4.07. The molecule has 4 nitrogen and oxygen atoms in total. The van der Waals surface area contributed by atoms with Gasteiger partial charge in [-0.05, 0) is 49.7 Å². The number of pyridine rings is 1. The first-order valence-electron chi connectivity index (χ1n) is 9.85. The monoisotopic (exact) mass is 530 g/mol. The van der Waals surface area contributed by atoms with Gasteiger partial charge in [-0.1, -0.05) is 18.2 Å². The van der Waals surface area contributed by atoms with Crippen LogP contribution in [0.4, 0.5) is 4.39 Å². The topological polar surface area (TPSA) is 35.1 Å². The number of hydrogen-bond acceptors (Lipinski definition) is 2. The van der Waals surface area contributed by atoms with E-state index in [1.807, 2.05) is 49.0 Å². The van der Waals surface area contributed by atoms with Crippen LogP contribution < -0.4 is 28.5 Å². The predicted octanol–water partition coefficient (Wildman–Crippen LogP) is 1.98. The van der Waals surface area contributed by atoms with Crippen molar-refractivity contribution in [2.75, 3.05) is 7.11 Å². The number of ether oxygens (including phenoxy) is 1. The number of hydrogen-bond donors (Lipinski definition) is 0. The van der Waals surface area contributed by atoms with Crippen LogP contribution in [0.2, 0.25) is 0 Å². The molecule has 0 aliphatic rings. The van der Waals surface area contributed by atoms with Crippen LogP contribution in [-0.2, 0) is 11.8 Å². The molecular weight excluding hydrogens is 506 g/mol. The van der Waals surface area contributed by atoms with Gasteiger partial charge in [0.25, 0.3) is 0 Å². The molecule has 2 aromatic heterocycles. The molecule has 160 valence electrons. The molecule has 2 heterocycles. The Morgan fingerprint density at radius 1 is 1.10 bits per heavy atom. The van der Waals surface area contributed by atoms with E-state index >= 15 is 0 Å². The van der Waals surface area contributed by atoms with Gasteiger partial charge in [0, 0.05) is 34.3 Å². The highest BCUT2D eigenvalue weighted by molar-refractivity contribution is 6.06. The van der Waals surface area contributed by atoms with Gasteiger partial charge in [0.2, 0.25) is 5.69 Å². The zero-order chi connectivity index (χ0) is 21.4. The Kier molecular flexibility index (Phi) is 6.79. The van der Waals surface area contributed by atoms with E-state index in [1.165, 1.54) is 19.2 Å². The number of methoxy groups -OCH3 is 1. The lowest BCUT2D eigenvalue weighted by Crippen LogP contribution is -3.00. The van der Waals surface area contributed by atoms with Gasteiger partial charge in [-0.3, -0.25) is 0 Å². The zero-order valence-electron chi connectivity index (χ0n) is 17.9. The summed E-state index contributed by atoms with van der Waals surface area (Å²) in [4.78, 5) is 12.5. The smallest absolute Gasteiger partial charge is 0.340 e. The number of nitrogens with zero attached hydrogens (tertiary/aromatic N) is 2. The van der Waals surface area contributed by atoms with Crippen molar-refractivity contribution in [3.8, 4) is 11.3 Å². The SMILES string of the molecule is COC(=O)c1c(C)n(C(C)c2cc[n+](C)c(-c3ccc(F)cc3)c2)c2ccccc12.[I-]. The Bertz CT molecular complexity index is 1250. The largest absolute Gasteiger partial charge is 1.00 e. The summed E-state index contributed by atoms with van der Waals surface area (Å²) in [6.07, 6.45) is 2.01. The molecule has 0 radical (unpaired) electrons. The molecule has 0 fully saturated rings. The quantitative estimate of drug-likeness (QED) is 0.230. The predicted molar refractivity (Wildman–Crippen MR) is 115 cm³/mol. The highest BCUT2D eigenvalue weighted by atomic mass is 127. The lowest BCUT2D eigenvalue weighted by molar-refractivity contribution is -0.660. The molecule has 6 heteroatoms. The number of carbonyl (C=O) groups is 1. The molecule has 1 atom stereocenters. The molecule has 0 saturated heterocycles. The normalized spacial score (nSPS) is 11.8. The van der Waals surface area contributed by atoms with E-state index < -0.39 is 0 Å². The molecule has 0 N–H and O–H groups in total. The Balaban J connectivity index is 0.00000272. The fraction of sp³-hybridized carbons (Fsp3) is 0.200. The molecule has 4 rings (SSSR count). The summed E-state index contributed by atoms with van der Waals surface area (Å²) in [5.41, 5.74) is 5.47. The number of para-hydroxylation sites is 1. The van der Waals surface area contributed by atoms with Crippen molar-refractivity contribution in [2.24, 2.45) is 7.05 Å². The summed E-state index contributed by atoms with van der Waals surface area (Å²) in [6, 6.07) is 18.5. The summed E-state index contributed by atoms with van der Waals surface area (Å²) in [5.74, 6) is -0.586. The molecule has 1 unspecified atom stereocenters. The van der Waals surface area contributed by atoms with E-state index in [9.17, 15) is 9.18 Å². The zero-order valence-corrected chi connectivity index (χ0v) is 20.1. The standard InChI is InChI=1S/C25H24FN2O2.HI/c1-16(19-13-14-27(3)23(15-19)18-9-11-20(26)12-10-18)28-17(2)24(25(29)30-4)21-7-5-6-8-22(21)28;/h5-16H,1-4H3;1H/q+1;/p-1. The van der Waals surface area contributed by atoms with Gasteiger partial charge < -0.3 is 33.3 Å². The maximum absolute atomic E-state index is 13.4. The molecule has 2 aromatic carbocycles. The van der Waals surface area contributed by atoms with Gasteiger partial charge in [-0.25, -0.2) is 13.8 Å². The molecule has 0 aliphatic carbocycles. The minimum atomic E-state index is -0.332. The molecule has 0 amide bonds. The first-order valence-corrected chi connectivity index (χ1v) is 9.85. The van der Waals surface area contributed by atoms with Crippen molar-refractivity contribution in [3.05, 3.63) is 89.5 Å². The fourth-order valence-electron chi connectivity index (χ4n) is 4.15. The Morgan fingerprint density at radius 3 is 2.45 bits per heavy atom. The second kappa shape index (κ2) is 9.18. The fourth-order valence-corrected chi connectivity index (χ4v) is 4.15. The van der Waals surface area contributed by atoms with Crippen LogP contribution in [0.3, 0.4) is 0 Å². The van der Waals surface area contributed by atoms with Gasteiger partial charge in [-0.2, -0.15) is 0 Å². The number of aromatic nitrogens is 2. The Hall–Kier alpha value is -2.74.